The molecule has 0 amide bonds. The molecule has 0 N–H and O–H groups in total. The molecule has 2 aromatic rings. The third-order valence-electron chi connectivity index (χ3n) is 4.05. The number of benzene rings is 1. The summed E-state index contributed by atoms with van der Waals surface area (Å²) in [5.41, 5.74) is 0. The van der Waals surface area contributed by atoms with Gasteiger partial charge in [-0.05, 0) is 22.0 Å². The van der Waals surface area contributed by atoms with Gasteiger partial charge in [-0.2, -0.15) is 0 Å². The normalized spacial score (nSPS) is 12.2. The molecule has 17 heavy (non-hydrogen) atoms. The third-order valence-corrected chi connectivity index (χ3v) is 13.4. The fraction of sp³-hybridized carbons (Fsp3) is 0.429. The minimum atomic E-state index is -1.25. The average Bonchev–Trinajstić information content (AvgIpc) is 2.72. The molecule has 0 spiro atoms. The van der Waals surface area contributed by atoms with Crippen LogP contribution in [0.1, 0.15) is 20.8 Å². The average molecular weight is 327 g/mol. The molecule has 3 heteroatoms. The summed E-state index contributed by atoms with van der Waals surface area (Å²) in [7, 11) is -1.25. The summed E-state index contributed by atoms with van der Waals surface area (Å²) in [6, 6.07) is 12.8. The summed E-state index contributed by atoms with van der Waals surface area (Å²) in [6.45, 7) is 7.11. The van der Waals surface area contributed by atoms with Crippen molar-refractivity contribution < 1.29 is 0 Å². The van der Waals surface area contributed by atoms with Crippen molar-refractivity contribution in [3.05, 3.63) is 28.7 Å². The Hall–Kier alpha value is -0.123. The lowest BCUT2D eigenvalue weighted by atomic mass is 10.3. The topological polar surface area (TPSA) is 0 Å². The highest BCUT2D eigenvalue weighted by Gasteiger charge is 2.33. The van der Waals surface area contributed by atoms with E-state index in [1.54, 1.807) is 4.50 Å². The predicted molar refractivity (Wildman–Crippen MR) is 86.4 cm³/mol. The molecule has 0 bridgehead atoms. The van der Waals surface area contributed by atoms with Crippen LogP contribution in [0.5, 0.6) is 0 Å². The van der Waals surface area contributed by atoms with Gasteiger partial charge in [0.1, 0.15) is 8.07 Å². The Kier molecular flexibility index (Phi) is 4.11. The largest absolute Gasteiger partial charge is 0.144 e. The molecule has 0 aliphatic heterocycles. The van der Waals surface area contributed by atoms with Crippen molar-refractivity contribution >= 4 is 49.9 Å². The van der Waals surface area contributed by atoms with Crippen LogP contribution in [0.4, 0.5) is 0 Å². The Morgan fingerprint density at radius 3 is 2.18 bits per heavy atom. The Bertz CT molecular complexity index is 506. The second kappa shape index (κ2) is 5.25. The van der Waals surface area contributed by atoms with Gasteiger partial charge < -0.3 is 0 Å². The molecule has 92 valence electrons. The van der Waals surface area contributed by atoms with E-state index in [1.165, 1.54) is 32.7 Å². The minimum Gasteiger partial charge on any atom is -0.144 e. The van der Waals surface area contributed by atoms with E-state index in [0.29, 0.717) is 0 Å². The van der Waals surface area contributed by atoms with Crippen LogP contribution < -0.4 is 4.50 Å². The van der Waals surface area contributed by atoms with Crippen molar-refractivity contribution in [1.29, 1.82) is 0 Å². The van der Waals surface area contributed by atoms with Gasteiger partial charge in [-0.25, -0.2) is 0 Å². The van der Waals surface area contributed by atoms with E-state index in [4.69, 9.17) is 0 Å². The first kappa shape index (κ1) is 13.3. The van der Waals surface area contributed by atoms with Crippen LogP contribution in [-0.4, -0.2) is 8.07 Å². The Balaban J connectivity index is 2.65. The van der Waals surface area contributed by atoms with Crippen LogP contribution >= 0.6 is 27.3 Å². The smallest absolute Gasteiger partial charge is 0.100 e. The minimum absolute atomic E-state index is 1.25. The van der Waals surface area contributed by atoms with Crippen molar-refractivity contribution in [3.8, 4) is 0 Å². The molecule has 0 unspecified atom stereocenters. The van der Waals surface area contributed by atoms with Crippen LogP contribution in [0.2, 0.25) is 18.1 Å². The highest BCUT2D eigenvalue weighted by atomic mass is 79.9. The van der Waals surface area contributed by atoms with E-state index in [2.05, 4.69) is 61.0 Å². The monoisotopic (exact) mass is 326 g/mol. The molecule has 0 atom stereocenters. The number of hydrogen-bond donors (Lipinski definition) is 0. The van der Waals surface area contributed by atoms with Crippen molar-refractivity contribution in [1.82, 2.24) is 0 Å². The fourth-order valence-corrected chi connectivity index (χ4v) is 11.0. The molecule has 2 rings (SSSR count). The lowest BCUT2D eigenvalue weighted by Gasteiger charge is -2.27. The molecule has 1 heterocycles. The van der Waals surface area contributed by atoms with Gasteiger partial charge in [0.2, 0.25) is 0 Å². The number of hydrogen-bond acceptors (Lipinski definition) is 1. The quantitative estimate of drug-likeness (QED) is 0.661. The fourth-order valence-electron chi connectivity index (χ4n) is 2.59. The zero-order valence-corrected chi connectivity index (χ0v) is 14.1. The van der Waals surface area contributed by atoms with Crippen LogP contribution in [0.3, 0.4) is 0 Å². The molecule has 0 saturated heterocycles. The number of fused-ring (bicyclic) bond motifs is 1. The maximum Gasteiger partial charge on any atom is 0.100 e. The van der Waals surface area contributed by atoms with Gasteiger partial charge in [0.25, 0.3) is 0 Å². The molecule has 0 radical (unpaired) electrons. The van der Waals surface area contributed by atoms with E-state index in [1.807, 2.05) is 11.3 Å². The summed E-state index contributed by atoms with van der Waals surface area (Å²) < 4.78 is 4.49. The second-order valence-electron chi connectivity index (χ2n) is 4.58. The van der Waals surface area contributed by atoms with Gasteiger partial charge >= 0.3 is 0 Å². The van der Waals surface area contributed by atoms with Gasteiger partial charge in [-0.15, -0.1) is 11.3 Å². The summed E-state index contributed by atoms with van der Waals surface area (Å²) in [6.07, 6.45) is 0. The Morgan fingerprint density at radius 1 is 1.06 bits per heavy atom. The first-order valence-corrected chi connectivity index (χ1v) is 10.6. The maximum absolute atomic E-state index is 3.86. The molecule has 1 aromatic heterocycles. The second-order valence-corrected chi connectivity index (χ2v) is 12.0. The van der Waals surface area contributed by atoms with E-state index < -0.39 is 8.07 Å². The molecular formula is C14H19BrSSi. The Labute approximate surface area is 117 Å². The van der Waals surface area contributed by atoms with Crippen LogP contribution in [-0.2, 0) is 0 Å². The molecule has 0 saturated carbocycles. The Morgan fingerprint density at radius 2 is 1.65 bits per heavy atom. The SMILES string of the molecule is CC[Si](CC)(CC)c1sc2ccccc2c1Br. The molecule has 0 nitrogen and oxygen atoms in total. The maximum atomic E-state index is 3.86. The first-order valence-electron chi connectivity index (χ1n) is 6.36. The van der Waals surface area contributed by atoms with E-state index >= 15 is 0 Å². The zero-order chi connectivity index (χ0) is 12.5. The van der Waals surface area contributed by atoms with E-state index in [9.17, 15) is 0 Å². The summed E-state index contributed by atoms with van der Waals surface area (Å²) in [5, 5.41) is 1.40. The summed E-state index contributed by atoms with van der Waals surface area (Å²) in [4.78, 5) is 0. The van der Waals surface area contributed by atoms with E-state index in [-0.39, 0.29) is 0 Å². The van der Waals surface area contributed by atoms with Gasteiger partial charge in [-0.3, -0.25) is 0 Å². The van der Waals surface area contributed by atoms with Gasteiger partial charge in [0.05, 0.1) is 0 Å². The van der Waals surface area contributed by atoms with Crippen molar-refractivity contribution in [2.45, 2.75) is 38.9 Å². The van der Waals surface area contributed by atoms with Crippen LogP contribution in [0.25, 0.3) is 10.1 Å². The zero-order valence-electron chi connectivity index (χ0n) is 10.7. The molecule has 0 aliphatic carbocycles. The van der Waals surface area contributed by atoms with Gasteiger partial charge in [0, 0.05) is 19.1 Å². The van der Waals surface area contributed by atoms with Crippen molar-refractivity contribution in [2.24, 2.45) is 0 Å². The van der Waals surface area contributed by atoms with Crippen molar-refractivity contribution in [2.75, 3.05) is 0 Å². The lowest BCUT2D eigenvalue weighted by molar-refractivity contribution is 1.20. The summed E-state index contributed by atoms with van der Waals surface area (Å²) in [5.74, 6) is 0. The number of thiophene rings is 1. The molecule has 0 fully saturated rings. The van der Waals surface area contributed by atoms with Crippen LogP contribution in [0.15, 0.2) is 28.7 Å². The number of halogens is 1. The van der Waals surface area contributed by atoms with Gasteiger partial charge in [-0.1, -0.05) is 57.1 Å². The standard InChI is InChI=1S/C14H19BrSSi/c1-4-17(5-2,6-3)14-13(15)11-9-7-8-10-12(11)16-14/h7-10H,4-6H2,1-3H3. The third kappa shape index (κ3) is 2.13. The number of rotatable bonds is 4. The molecule has 0 aliphatic rings. The van der Waals surface area contributed by atoms with E-state index in [0.717, 1.165) is 0 Å². The highest BCUT2D eigenvalue weighted by Crippen LogP contribution is 2.34. The molecule has 1 aromatic carbocycles. The lowest BCUT2D eigenvalue weighted by Crippen LogP contribution is -2.44. The highest BCUT2D eigenvalue weighted by molar-refractivity contribution is 9.11. The first-order chi connectivity index (χ1) is 8.18. The predicted octanol–water partition coefficient (Wildman–Crippen LogP) is 5.38. The summed E-state index contributed by atoms with van der Waals surface area (Å²) >= 11 is 5.87. The van der Waals surface area contributed by atoms with Gasteiger partial charge in [0.15, 0.2) is 0 Å². The molecular weight excluding hydrogens is 308 g/mol. The van der Waals surface area contributed by atoms with Crippen molar-refractivity contribution in [3.63, 3.8) is 0 Å². The van der Waals surface area contributed by atoms with Crippen LogP contribution in [0, 0.1) is 0 Å².